The molecule has 0 aromatic heterocycles. The molecule has 1 atom stereocenters. The molecule has 60 valence electrons. The Labute approximate surface area is 59.4 Å². The highest BCUT2D eigenvalue weighted by atomic mass is 16.5. The number of ether oxygens (including phenoxy) is 1. The van der Waals surface area contributed by atoms with Crippen LogP contribution in [0, 0.1) is 0 Å². The summed E-state index contributed by atoms with van der Waals surface area (Å²) in [4.78, 5) is 10.1. The second-order valence-corrected chi connectivity index (χ2v) is 2.50. The minimum absolute atomic E-state index is 0.0410. The molecule has 0 rings (SSSR count). The lowest BCUT2D eigenvalue weighted by Crippen LogP contribution is -2.32. The Morgan fingerprint density at radius 1 is 1.70 bits per heavy atom. The maximum Gasteiger partial charge on any atom is 0.306 e. The van der Waals surface area contributed by atoms with Crippen LogP contribution in [0.3, 0.4) is 0 Å². The lowest BCUT2D eigenvalue weighted by atomic mass is 10.0. The normalized spacial score (nSPS) is 16.3. The zero-order valence-electron chi connectivity index (χ0n) is 6.13. The molecule has 10 heavy (non-hydrogen) atoms. The Morgan fingerprint density at radius 2 is 2.20 bits per heavy atom. The summed E-state index contributed by atoms with van der Waals surface area (Å²) in [6, 6.07) is 0. The fourth-order valence-corrected chi connectivity index (χ4v) is 0.688. The maximum absolute atomic E-state index is 10.1. The molecule has 0 heterocycles. The van der Waals surface area contributed by atoms with Crippen molar-refractivity contribution in [3.8, 4) is 0 Å². The van der Waals surface area contributed by atoms with E-state index in [0.29, 0.717) is 0 Å². The number of carboxylic acids is 1. The van der Waals surface area contributed by atoms with Crippen molar-refractivity contribution in [2.75, 3.05) is 13.7 Å². The van der Waals surface area contributed by atoms with E-state index in [9.17, 15) is 9.90 Å². The minimum atomic E-state index is -1.25. The third-order valence-corrected chi connectivity index (χ3v) is 0.987. The van der Waals surface area contributed by atoms with Gasteiger partial charge in [0.15, 0.2) is 0 Å². The molecule has 0 amide bonds. The van der Waals surface area contributed by atoms with Crippen molar-refractivity contribution >= 4 is 5.97 Å². The van der Waals surface area contributed by atoms with Crippen LogP contribution >= 0.6 is 0 Å². The Hall–Kier alpha value is -0.610. The minimum Gasteiger partial charge on any atom is -0.481 e. The summed E-state index contributed by atoms with van der Waals surface area (Å²) in [6.07, 6.45) is -0.291. The molecule has 0 aliphatic rings. The number of hydrogen-bond donors (Lipinski definition) is 2. The van der Waals surface area contributed by atoms with Crippen molar-refractivity contribution in [2.45, 2.75) is 18.9 Å². The van der Waals surface area contributed by atoms with Crippen molar-refractivity contribution < 1.29 is 19.7 Å². The van der Waals surface area contributed by atoms with Crippen molar-refractivity contribution in [2.24, 2.45) is 0 Å². The topological polar surface area (TPSA) is 66.8 Å². The molecule has 0 aliphatic carbocycles. The third-order valence-electron chi connectivity index (χ3n) is 0.987. The highest BCUT2D eigenvalue weighted by Gasteiger charge is 2.23. The van der Waals surface area contributed by atoms with E-state index in [1.807, 2.05) is 0 Å². The van der Waals surface area contributed by atoms with E-state index >= 15 is 0 Å². The number of carbonyl (C=O) groups is 1. The molecule has 0 radical (unpaired) electrons. The van der Waals surface area contributed by atoms with E-state index in [1.54, 1.807) is 0 Å². The Bertz CT molecular complexity index is 119. The van der Waals surface area contributed by atoms with E-state index in [-0.39, 0.29) is 13.0 Å². The van der Waals surface area contributed by atoms with Crippen LogP contribution in [-0.2, 0) is 9.53 Å². The fourth-order valence-electron chi connectivity index (χ4n) is 0.688. The summed E-state index contributed by atoms with van der Waals surface area (Å²) in [5.41, 5.74) is -1.25. The second-order valence-electron chi connectivity index (χ2n) is 2.50. The molecule has 0 aliphatic heterocycles. The number of aliphatic carboxylic acids is 1. The van der Waals surface area contributed by atoms with Gasteiger partial charge in [0, 0.05) is 7.11 Å². The van der Waals surface area contributed by atoms with Crippen LogP contribution in [0.5, 0.6) is 0 Å². The van der Waals surface area contributed by atoms with Crippen molar-refractivity contribution in [1.82, 2.24) is 0 Å². The average molecular weight is 148 g/mol. The Kier molecular flexibility index (Phi) is 3.32. The Morgan fingerprint density at radius 3 is 2.50 bits per heavy atom. The van der Waals surface area contributed by atoms with Crippen LogP contribution in [0.25, 0.3) is 0 Å². The molecule has 0 aromatic rings. The quantitative estimate of drug-likeness (QED) is 0.582. The van der Waals surface area contributed by atoms with Gasteiger partial charge in [-0.15, -0.1) is 0 Å². The van der Waals surface area contributed by atoms with Gasteiger partial charge in [0.05, 0.1) is 18.6 Å². The summed E-state index contributed by atoms with van der Waals surface area (Å²) in [5, 5.41) is 17.4. The molecular formula is C6H12O4. The first-order valence-corrected chi connectivity index (χ1v) is 2.91. The van der Waals surface area contributed by atoms with Gasteiger partial charge in [-0.05, 0) is 6.92 Å². The SMILES string of the molecule is COCC(C)(O)CC(=O)O. The maximum atomic E-state index is 10.1. The average Bonchev–Trinajstić information content (AvgIpc) is 1.59. The molecule has 0 spiro atoms. The molecule has 2 N–H and O–H groups in total. The van der Waals surface area contributed by atoms with Gasteiger partial charge >= 0.3 is 5.97 Å². The van der Waals surface area contributed by atoms with E-state index < -0.39 is 11.6 Å². The van der Waals surface area contributed by atoms with Crippen LogP contribution in [0.1, 0.15) is 13.3 Å². The first-order valence-electron chi connectivity index (χ1n) is 2.91. The summed E-state index contributed by atoms with van der Waals surface area (Å²) >= 11 is 0. The van der Waals surface area contributed by atoms with Crippen molar-refractivity contribution in [3.63, 3.8) is 0 Å². The summed E-state index contributed by atoms with van der Waals surface area (Å²) < 4.78 is 4.59. The molecular weight excluding hydrogens is 136 g/mol. The molecule has 0 aromatic carbocycles. The van der Waals surface area contributed by atoms with Gasteiger partial charge in [0.2, 0.25) is 0 Å². The first-order chi connectivity index (χ1) is 4.48. The lowest BCUT2D eigenvalue weighted by molar-refractivity contribution is -0.143. The predicted molar refractivity (Wildman–Crippen MR) is 34.8 cm³/mol. The largest absolute Gasteiger partial charge is 0.481 e. The van der Waals surface area contributed by atoms with Crippen LogP contribution in [0.15, 0.2) is 0 Å². The zero-order chi connectivity index (χ0) is 8.20. The van der Waals surface area contributed by atoms with Gasteiger partial charge in [-0.1, -0.05) is 0 Å². The van der Waals surface area contributed by atoms with Crippen LogP contribution < -0.4 is 0 Å². The van der Waals surface area contributed by atoms with Crippen molar-refractivity contribution in [1.29, 1.82) is 0 Å². The first kappa shape index (κ1) is 9.39. The van der Waals surface area contributed by atoms with Gasteiger partial charge in [-0.2, -0.15) is 0 Å². The second kappa shape index (κ2) is 3.53. The number of carboxylic acid groups (broad SMARTS) is 1. The molecule has 0 saturated carbocycles. The van der Waals surface area contributed by atoms with Crippen LogP contribution in [0.2, 0.25) is 0 Å². The molecule has 4 nitrogen and oxygen atoms in total. The van der Waals surface area contributed by atoms with Gasteiger partial charge < -0.3 is 14.9 Å². The van der Waals surface area contributed by atoms with Crippen LogP contribution in [-0.4, -0.2) is 35.5 Å². The summed E-state index contributed by atoms with van der Waals surface area (Å²) in [6.45, 7) is 1.46. The lowest BCUT2D eigenvalue weighted by Gasteiger charge is -2.18. The van der Waals surface area contributed by atoms with E-state index in [1.165, 1.54) is 14.0 Å². The Balaban J connectivity index is 3.74. The van der Waals surface area contributed by atoms with Gasteiger partial charge in [0.25, 0.3) is 0 Å². The van der Waals surface area contributed by atoms with E-state index in [4.69, 9.17) is 5.11 Å². The number of methoxy groups -OCH3 is 1. The van der Waals surface area contributed by atoms with Gasteiger partial charge in [-0.3, -0.25) is 4.79 Å². The van der Waals surface area contributed by atoms with Gasteiger partial charge in [-0.25, -0.2) is 0 Å². The van der Waals surface area contributed by atoms with Gasteiger partial charge in [0.1, 0.15) is 0 Å². The van der Waals surface area contributed by atoms with E-state index in [2.05, 4.69) is 4.74 Å². The van der Waals surface area contributed by atoms with Crippen LogP contribution in [0.4, 0.5) is 0 Å². The van der Waals surface area contributed by atoms with E-state index in [0.717, 1.165) is 0 Å². The predicted octanol–water partition coefficient (Wildman–Crippen LogP) is -0.141. The smallest absolute Gasteiger partial charge is 0.306 e. The highest BCUT2D eigenvalue weighted by Crippen LogP contribution is 2.08. The van der Waals surface area contributed by atoms with Crippen molar-refractivity contribution in [3.05, 3.63) is 0 Å². The highest BCUT2D eigenvalue weighted by molar-refractivity contribution is 5.68. The zero-order valence-corrected chi connectivity index (χ0v) is 6.13. The summed E-state index contributed by atoms with van der Waals surface area (Å²) in [5.74, 6) is -1.03. The number of rotatable bonds is 4. The molecule has 0 bridgehead atoms. The standard InChI is InChI=1S/C6H12O4/c1-6(9,4-10-2)3-5(7)8/h9H,3-4H2,1-2H3,(H,7,8). The molecule has 4 heteroatoms. The molecule has 1 unspecified atom stereocenters. The molecule has 0 fully saturated rings. The fraction of sp³-hybridized carbons (Fsp3) is 0.833. The summed E-state index contributed by atoms with van der Waals surface area (Å²) in [7, 11) is 1.41. The monoisotopic (exact) mass is 148 g/mol. The number of hydrogen-bond acceptors (Lipinski definition) is 3. The molecule has 0 saturated heterocycles. The number of aliphatic hydroxyl groups is 1. The third kappa shape index (κ3) is 4.29.